The van der Waals surface area contributed by atoms with Gasteiger partial charge in [0.15, 0.2) is 5.82 Å². The van der Waals surface area contributed by atoms with Crippen LogP contribution < -0.4 is 0 Å². The summed E-state index contributed by atoms with van der Waals surface area (Å²) >= 11 is 0. The molecule has 2 aromatic rings. The summed E-state index contributed by atoms with van der Waals surface area (Å²) in [6, 6.07) is 0.370. The SMILES string of the molecule is Cc1nc(CN2CCCC2c2nc3c([nH]2)CCCC3)no1. The van der Waals surface area contributed by atoms with Crippen LogP contribution in [-0.4, -0.2) is 31.6 Å². The van der Waals surface area contributed by atoms with E-state index < -0.39 is 0 Å². The van der Waals surface area contributed by atoms with Gasteiger partial charge in [0.25, 0.3) is 0 Å². The first-order valence-corrected chi connectivity index (χ1v) is 7.90. The van der Waals surface area contributed by atoms with Crippen LogP contribution in [0.3, 0.4) is 0 Å². The molecule has 0 aromatic carbocycles. The molecule has 1 fully saturated rings. The topological polar surface area (TPSA) is 70.8 Å². The van der Waals surface area contributed by atoms with E-state index in [-0.39, 0.29) is 0 Å². The molecule has 6 nitrogen and oxygen atoms in total. The molecule has 2 aliphatic rings. The summed E-state index contributed by atoms with van der Waals surface area (Å²) in [6.07, 6.45) is 7.19. The van der Waals surface area contributed by atoms with Gasteiger partial charge in [-0.15, -0.1) is 0 Å². The van der Waals surface area contributed by atoms with Gasteiger partial charge in [-0.05, 0) is 45.1 Å². The van der Waals surface area contributed by atoms with Gasteiger partial charge in [0.2, 0.25) is 5.89 Å². The maximum absolute atomic E-state index is 5.07. The van der Waals surface area contributed by atoms with Gasteiger partial charge in [0, 0.05) is 12.6 Å². The van der Waals surface area contributed by atoms with Gasteiger partial charge >= 0.3 is 0 Å². The largest absolute Gasteiger partial charge is 0.344 e. The Morgan fingerprint density at radius 3 is 2.95 bits per heavy atom. The molecule has 1 atom stereocenters. The second-order valence-corrected chi connectivity index (χ2v) is 6.11. The van der Waals surface area contributed by atoms with Crippen LogP contribution >= 0.6 is 0 Å². The zero-order chi connectivity index (χ0) is 14.2. The van der Waals surface area contributed by atoms with Crippen molar-refractivity contribution in [2.45, 2.75) is 58.0 Å². The number of aromatic nitrogens is 4. The molecule has 2 aromatic heterocycles. The fourth-order valence-corrected chi connectivity index (χ4v) is 3.55. The minimum absolute atomic E-state index is 0.370. The van der Waals surface area contributed by atoms with E-state index >= 15 is 0 Å². The molecular weight excluding hydrogens is 266 g/mol. The quantitative estimate of drug-likeness (QED) is 0.938. The summed E-state index contributed by atoms with van der Waals surface area (Å²) < 4.78 is 5.07. The van der Waals surface area contributed by atoms with E-state index in [2.05, 4.69) is 20.0 Å². The molecule has 112 valence electrons. The molecule has 0 saturated carbocycles. The lowest BCUT2D eigenvalue weighted by Gasteiger charge is -2.20. The van der Waals surface area contributed by atoms with Crippen LogP contribution in [0.5, 0.6) is 0 Å². The van der Waals surface area contributed by atoms with Gasteiger partial charge < -0.3 is 9.51 Å². The molecule has 6 heteroatoms. The van der Waals surface area contributed by atoms with Gasteiger partial charge in [-0.1, -0.05) is 5.16 Å². The number of aryl methyl sites for hydroxylation is 3. The summed E-state index contributed by atoms with van der Waals surface area (Å²) in [7, 11) is 0. The lowest BCUT2D eigenvalue weighted by atomic mass is 10.0. The normalized spacial score (nSPS) is 22.6. The van der Waals surface area contributed by atoms with Crippen molar-refractivity contribution in [1.82, 2.24) is 25.0 Å². The summed E-state index contributed by atoms with van der Waals surface area (Å²) in [6.45, 7) is 3.65. The third-order valence-corrected chi connectivity index (χ3v) is 4.57. The Kier molecular flexibility index (Phi) is 3.25. The number of H-pyrrole nitrogens is 1. The number of likely N-dealkylation sites (tertiary alicyclic amines) is 1. The molecule has 1 saturated heterocycles. The van der Waals surface area contributed by atoms with E-state index in [1.165, 1.54) is 30.7 Å². The molecule has 1 aliphatic carbocycles. The fourth-order valence-electron chi connectivity index (χ4n) is 3.55. The highest BCUT2D eigenvalue weighted by Gasteiger charge is 2.30. The molecule has 1 aliphatic heterocycles. The molecule has 3 heterocycles. The Balaban J connectivity index is 1.54. The highest BCUT2D eigenvalue weighted by molar-refractivity contribution is 5.19. The molecule has 0 bridgehead atoms. The van der Waals surface area contributed by atoms with Gasteiger partial charge in [-0.2, -0.15) is 4.98 Å². The number of imidazole rings is 1. The lowest BCUT2D eigenvalue weighted by molar-refractivity contribution is 0.231. The van der Waals surface area contributed by atoms with Crippen LogP contribution in [0.1, 0.15) is 60.7 Å². The van der Waals surface area contributed by atoms with Crippen molar-refractivity contribution in [3.05, 3.63) is 28.9 Å². The maximum atomic E-state index is 5.07. The van der Waals surface area contributed by atoms with Crippen molar-refractivity contribution < 1.29 is 4.52 Å². The van der Waals surface area contributed by atoms with Gasteiger partial charge in [0.1, 0.15) is 5.82 Å². The van der Waals surface area contributed by atoms with Crippen LogP contribution in [0.2, 0.25) is 0 Å². The Bertz CT molecular complexity index is 608. The average molecular weight is 287 g/mol. The van der Waals surface area contributed by atoms with Crippen molar-refractivity contribution in [3.63, 3.8) is 0 Å². The molecule has 0 radical (unpaired) electrons. The highest BCUT2D eigenvalue weighted by atomic mass is 16.5. The Labute approximate surface area is 123 Å². The number of fused-ring (bicyclic) bond motifs is 1. The van der Waals surface area contributed by atoms with Gasteiger partial charge in [-0.3, -0.25) is 4.90 Å². The van der Waals surface area contributed by atoms with Crippen molar-refractivity contribution in [1.29, 1.82) is 0 Å². The van der Waals surface area contributed by atoms with Crippen LogP contribution in [-0.2, 0) is 19.4 Å². The predicted molar refractivity (Wildman–Crippen MR) is 76.6 cm³/mol. The molecule has 1 unspecified atom stereocenters. The second kappa shape index (κ2) is 5.26. The molecule has 21 heavy (non-hydrogen) atoms. The first kappa shape index (κ1) is 13.0. The molecule has 1 N–H and O–H groups in total. The van der Waals surface area contributed by atoms with Crippen molar-refractivity contribution >= 4 is 0 Å². The second-order valence-electron chi connectivity index (χ2n) is 6.11. The summed E-state index contributed by atoms with van der Waals surface area (Å²) in [5.41, 5.74) is 2.65. The highest BCUT2D eigenvalue weighted by Crippen LogP contribution is 2.32. The number of aromatic amines is 1. The fraction of sp³-hybridized carbons (Fsp3) is 0.667. The Morgan fingerprint density at radius 2 is 2.14 bits per heavy atom. The third-order valence-electron chi connectivity index (χ3n) is 4.57. The summed E-state index contributed by atoms with van der Waals surface area (Å²) in [5, 5.41) is 4.01. The summed E-state index contributed by atoms with van der Waals surface area (Å²) in [4.78, 5) is 15.2. The predicted octanol–water partition coefficient (Wildman–Crippen LogP) is 2.32. The number of nitrogens with zero attached hydrogens (tertiary/aromatic N) is 4. The Hall–Kier alpha value is -1.69. The number of rotatable bonds is 3. The van der Waals surface area contributed by atoms with E-state index in [0.717, 1.165) is 44.0 Å². The standard InChI is InChI=1S/C15H21N5O/c1-10-16-14(19-21-10)9-20-8-4-7-13(20)15-17-11-5-2-3-6-12(11)18-15/h13H,2-9H2,1H3,(H,17,18). The number of nitrogens with one attached hydrogen (secondary N) is 1. The van der Waals surface area contributed by atoms with Crippen molar-refractivity contribution in [2.24, 2.45) is 0 Å². The monoisotopic (exact) mass is 287 g/mol. The zero-order valence-corrected chi connectivity index (χ0v) is 12.4. The minimum Gasteiger partial charge on any atom is -0.344 e. The third kappa shape index (κ3) is 2.48. The van der Waals surface area contributed by atoms with E-state index in [1.54, 1.807) is 0 Å². The van der Waals surface area contributed by atoms with Crippen LogP contribution in [0.25, 0.3) is 0 Å². The molecule has 4 rings (SSSR count). The van der Waals surface area contributed by atoms with Crippen molar-refractivity contribution in [3.8, 4) is 0 Å². The molecule has 0 amide bonds. The first-order valence-electron chi connectivity index (χ1n) is 7.90. The smallest absolute Gasteiger partial charge is 0.223 e. The van der Waals surface area contributed by atoms with E-state index in [1.807, 2.05) is 6.92 Å². The maximum Gasteiger partial charge on any atom is 0.223 e. The van der Waals surface area contributed by atoms with Crippen LogP contribution in [0, 0.1) is 6.92 Å². The number of hydrogen-bond donors (Lipinski definition) is 1. The summed E-state index contributed by atoms with van der Waals surface area (Å²) in [5.74, 6) is 2.55. The zero-order valence-electron chi connectivity index (χ0n) is 12.4. The van der Waals surface area contributed by atoms with Crippen LogP contribution in [0.4, 0.5) is 0 Å². The van der Waals surface area contributed by atoms with Gasteiger partial charge in [-0.25, -0.2) is 4.98 Å². The number of hydrogen-bond acceptors (Lipinski definition) is 5. The average Bonchev–Trinajstić information content (AvgIpc) is 3.18. The van der Waals surface area contributed by atoms with E-state index in [4.69, 9.17) is 9.51 Å². The first-order chi connectivity index (χ1) is 10.3. The van der Waals surface area contributed by atoms with Gasteiger partial charge in [0.05, 0.1) is 18.3 Å². The minimum atomic E-state index is 0.370. The van der Waals surface area contributed by atoms with E-state index in [9.17, 15) is 0 Å². The molecular formula is C15H21N5O. The van der Waals surface area contributed by atoms with Crippen molar-refractivity contribution in [2.75, 3.05) is 6.54 Å². The van der Waals surface area contributed by atoms with E-state index in [0.29, 0.717) is 11.9 Å². The molecule has 0 spiro atoms. The Morgan fingerprint density at radius 1 is 1.24 bits per heavy atom. The lowest BCUT2D eigenvalue weighted by Crippen LogP contribution is -2.24. The van der Waals surface area contributed by atoms with Crippen LogP contribution in [0.15, 0.2) is 4.52 Å².